The van der Waals surface area contributed by atoms with Crippen molar-refractivity contribution in [3.8, 4) is 0 Å². The molecule has 0 unspecified atom stereocenters. The number of aromatic nitrogens is 2. The Morgan fingerprint density at radius 2 is 1.95 bits per heavy atom. The standard InChI is InChI=1S/C15H19BFN2O/c1-14(2,15(3,4)20)9-16-11-5-6-12-10(7-11)8-18-13(17)19-12/h5-8,20H,9H2,1-4H3. The maximum atomic E-state index is 12.9. The van der Waals surface area contributed by atoms with Crippen LogP contribution < -0.4 is 5.46 Å². The van der Waals surface area contributed by atoms with Crippen molar-refractivity contribution in [3.63, 3.8) is 0 Å². The SMILES string of the molecule is CC(C)(O)C(C)(C)C[B]c1ccc2nc(F)ncc2c1. The van der Waals surface area contributed by atoms with Crippen LogP contribution in [0.25, 0.3) is 10.9 Å². The Morgan fingerprint density at radius 1 is 1.25 bits per heavy atom. The van der Waals surface area contributed by atoms with Gasteiger partial charge in [-0.1, -0.05) is 37.8 Å². The lowest BCUT2D eigenvalue weighted by Gasteiger charge is -2.37. The van der Waals surface area contributed by atoms with Gasteiger partial charge in [0.05, 0.1) is 11.1 Å². The molecular formula is C15H19BFN2O. The molecule has 0 saturated carbocycles. The summed E-state index contributed by atoms with van der Waals surface area (Å²) in [5.41, 5.74) is 0.620. The van der Waals surface area contributed by atoms with E-state index in [-0.39, 0.29) is 5.41 Å². The number of hydrogen-bond acceptors (Lipinski definition) is 3. The third-order valence-corrected chi connectivity index (χ3v) is 4.08. The highest BCUT2D eigenvalue weighted by atomic mass is 19.1. The lowest BCUT2D eigenvalue weighted by atomic mass is 9.56. The summed E-state index contributed by atoms with van der Waals surface area (Å²) in [4.78, 5) is 7.30. The van der Waals surface area contributed by atoms with Gasteiger partial charge in [-0.25, -0.2) is 9.97 Å². The molecule has 1 radical (unpaired) electrons. The molecule has 0 aliphatic heterocycles. The Morgan fingerprint density at radius 3 is 2.60 bits per heavy atom. The molecule has 0 aliphatic rings. The molecule has 1 N–H and O–H groups in total. The first-order chi connectivity index (χ1) is 9.19. The van der Waals surface area contributed by atoms with E-state index in [0.29, 0.717) is 5.52 Å². The molecule has 1 aromatic carbocycles. The maximum absolute atomic E-state index is 12.9. The Bertz CT molecular complexity index is 623. The molecule has 1 aromatic heterocycles. The van der Waals surface area contributed by atoms with Gasteiger partial charge in [0.15, 0.2) is 7.28 Å². The summed E-state index contributed by atoms with van der Waals surface area (Å²) >= 11 is 0. The van der Waals surface area contributed by atoms with Gasteiger partial charge in [-0.2, -0.15) is 4.39 Å². The Hall–Kier alpha value is -1.49. The fourth-order valence-electron chi connectivity index (χ4n) is 1.78. The minimum Gasteiger partial charge on any atom is -0.390 e. The molecule has 0 amide bonds. The van der Waals surface area contributed by atoms with Crippen LogP contribution in [0.3, 0.4) is 0 Å². The molecular weight excluding hydrogens is 254 g/mol. The first-order valence-corrected chi connectivity index (χ1v) is 6.67. The zero-order valence-corrected chi connectivity index (χ0v) is 12.3. The van der Waals surface area contributed by atoms with Crippen LogP contribution in [0.15, 0.2) is 24.4 Å². The van der Waals surface area contributed by atoms with E-state index in [0.717, 1.165) is 17.2 Å². The number of hydrogen-bond donors (Lipinski definition) is 1. The lowest BCUT2D eigenvalue weighted by molar-refractivity contribution is -0.0236. The van der Waals surface area contributed by atoms with Gasteiger partial charge in [0.1, 0.15) is 0 Å². The monoisotopic (exact) mass is 273 g/mol. The molecule has 0 saturated heterocycles. The smallest absolute Gasteiger partial charge is 0.309 e. The van der Waals surface area contributed by atoms with Crippen molar-refractivity contribution in [1.29, 1.82) is 0 Å². The zero-order valence-electron chi connectivity index (χ0n) is 12.3. The molecule has 2 rings (SSSR count). The van der Waals surface area contributed by atoms with E-state index < -0.39 is 11.7 Å². The van der Waals surface area contributed by atoms with Crippen molar-refractivity contribution >= 4 is 23.6 Å². The minimum absolute atomic E-state index is 0.235. The number of benzene rings is 1. The van der Waals surface area contributed by atoms with E-state index in [2.05, 4.69) is 17.2 Å². The predicted octanol–water partition coefficient (Wildman–Crippen LogP) is 2.31. The van der Waals surface area contributed by atoms with Gasteiger partial charge in [0.25, 0.3) is 0 Å². The van der Waals surface area contributed by atoms with Crippen molar-refractivity contribution in [1.82, 2.24) is 9.97 Å². The number of rotatable bonds is 4. The molecule has 105 valence electrons. The summed E-state index contributed by atoms with van der Waals surface area (Å²) < 4.78 is 12.9. The molecule has 1 heterocycles. The summed E-state index contributed by atoms with van der Waals surface area (Å²) in [5, 5.41) is 11.0. The topological polar surface area (TPSA) is 46.0 Å². The van der Waals surface area contributed by atoms with Gasteiger partial charge in [0.2, 0.25) is 0 Å². The average molecular weight is 273 g/mol. The highest BCUT2D eigenvalue weighted by Gasteiger charge is 2.34. The first-order valence-electron chi connectivity index (χ1n) is 6.67. The van der Waals surface area contributed by atoms with Gasteiger partial charge >= 0.3 is 6.08 Å². The molecule has 0 fully saturated rings. The molecule has 5 heteroatoms. The van der Waals surface area contributed by atoms with Crippen molar-refractivity contribution in [2.75, 3.05) is 0 Å². The number of aliphatic hydroxyl groups is 1. The minimum atomic E-state index is -0.757. The zero-order chi connectivity index (χ0) is 15.0. The summed E-state index contributed by atoms with van der Waals surface area (Å²) in [6.45, 7) is 7.70. The third kappa shape index (κ3) is 3.15. The second-order valence-electron chi connectivity index (χ2n) is 6.31. The summed E-state index contributed by atoms with van der Waals surface area (Å²) in [6, 6.07) is 5.60. The van der Waals surface area contributed by atoms with E-state index in [4.69, 9.17) is 0 Å². The maximum Gasteiger partial charge on any atom is 0.309 e. The highest BCUT2D eigenvalue weighted by molar-refractivity contribution is 6.53. The predicted molar refractivity (Wildman–Crippen MR) is 79.8 cm³/mol. The van der Waals surface area contributed by atoms with E-state index in [9.17, 15) is 9.50 Å². The van der Waals surface area contributed by atoms with Crippen molar-refractivity contribution in [2.45, 2.75) is 39.6 Å². The molecule has 0 atom stereocenters. The largest absolute Gasteiger partial charge is 0.390 e. The van der Waals surface area contributed by atoms with Gasteiger partial charge < -0.3 is 5.11 Å². The van der Waals surface area contributed by atoms with Crippen LogP contribution in [0, 0.1) is 11.5 Å². The number of halogens is 1. The van der Waals surface area contributed by atoms with Crippen molar-refractivity contribution in [3.05, 3.63) is 30.5 Å². The fourth-order valence-corrected chi connectivity index (χ4v) is 1.78. The quantitative estimate of drug-likeness (QED) is 0.687. The lowest BCUT2D eigenvalue weighted by Crippen LogP contribution is -2.40. The van der Waals surface area contributed by atoms with E-state index >= 15 is 0 Å². The average Bonchev–Trinajstić information content (AvgIpc) is 2.35. The molecule has 0 bridgehead atoms. The summed E-state index contributed by atoms with van der Waals surface area (Å²) in [6.07, 6.45) is 1.51. The van der Waals surface area contributed by atoms with Crippen LogP contribution in [0.4, 0.5) is 4.39 Å². The van der Waals surface area contributed by atoms with E-state index in [1.165, 1.54) is 6.20 Å². The van der Waals surface area contributed by atoms with Crippen molar-refractivity contribution in [2.24, 2.45) is 5.41 Å². The van der Waals surface area contributed by atoms with Crippen LogP contribution in [0.1, 0.15) is 27.7 Å². The molecule has 0 aliphatic carbocycles. The highest BCUT2D eigenvalue weighted by Crippen LogP contribution is 2.33. The van der Waals surface area contributed by atoms with E-state index in [1.54, 1.807) is 6.07 Å². The Balaban J connectivity index is 2.17. The second-order valence-corrected chi connectivity index (χ2v) is 6.31. The van der Waals surface area contributed by atoms with Gasteiger partial charge in [-0.15, -0.1) is 0 Å². The van der Waals surface area contributed by atoms with Crippen molar-refractivity contribution < 1.29 is 9.50 Å². The first kappa shape index (κ1) is 14.9. The Kier molecular flexibility index (Phi) is 3.83. The molecule has 2 aromatic rings. The summed E-state index contributed by atoms with van der Waals surface area (Å²) in [5.74, 6) is 0. The van der Waals surface area contributed by atoms with Gasteiger partial charge in [-0.3, -0.25) is 0 Å². The molecule has 0 spiro atoms. The fraction of sp³-hybridized carbons (Fsp3) is 0.467. The third-order valence-electron chi connectivity index (χ3n) is 4.08. The van der Waals surface area contributed by atoms with Gasteiger partial charge in [-0.05, 0) is 25.3 Å². The molecule has 3 nitrogen and oxygen atoms in total. The second kappa shape index (κ2) is 5.13. The van der Waals surface area contributed by atoms with Gasteiger partial charge in [0, 0.05) is 11.6 Å². The van der Waals surface area contributed by atoms with Crippen LogP contribution in [0.2, 0.25) is 6.32 Å². The van der Waals surface area contributed by atoms with Crippen LogP contribution in [-0.2, 0) is 0 Å². The molecule has 20 heavy (non-hydrogen) atoms. The van der Waals surface area contributed by atoms with Crippen LogP contribution in [-0.4, -0.2) is 28.0 Å². The van der Waals surface area contributed by atoms with Crippen LogP contribution >= 0.6 is 0 Å². The van der Waals surface area contributed by atoms with E-state index in [1.807, 2.05) is 39.8 Å². The van der Waals surface area contributed by atoms with Crippen LogP contribution in [0.5, 0.6) is 0 Å². The number of fused-ring (bicyclic) bond motifs is 1. The number of nitrogens with zero attached hydrogens (tertiary/aromatic N) is 2. The summed E-state index contributed by atoms with van der Waals surface area (Å²) in [7, 11) is 2.07. The Labute approximate surface area is 119 Å². The normalized spacial score (nSPS) is 12.7.